The molecule has 1 heterocycles. The molecule has 0 amide bonds. The van der Waals surface area contributed by atoms with Crippen molar-refractivity contribution >= 4 is 0 Å². The summed E-state index contributed by atoms with van der Waals surface area (Å²) in [5.41, 5.74) is 2.84. The first-order valence-electron chi connectivity index (χ1n) is 7.46. The number of likely N-dealkylation sites (N-methyl/N-ethyl adjacent to an activating group) is 1. The van der Waals surface area contributed by atoms with Crippen molar-refractivity contribution in [1.29, 1.82) is 0 Å². The van der Waals surface area contributed by atoms with Crippen molar-refractivity contribution in [3.8, 4) is 0 Å². The van der Waals surface area contributed by atoms with E-state index in [2.05, 4.69) is 59.2 Å². The summed E-state index contributed by atoms with van der Waals surface area (Å²) in [6.45, 7) is 5.34. The van der Waals surface area contributed by atoms with Gasteiger partial charge in [-0.2, -0.15) is 0 Å². The van der Waals surface area contributed by atoms with Crippen LogP contribution in [0.5, 0.6) is 0 Å². The molecular formula is C17H25N3. The van der Waals surface area contributed by atoms with E-state index >= 15 is 0 Å². The van der Waals surface area contributed by atoms with Gasteiger partial charge in [-0.25, -0.2) is 4.98 Å². The molecule has 20 heavy (non-hydrogen) atoms. The molecule has 0 saturated carbocycles. The second-order valence-electron chi connectivity index (χ2n) is 5.28. The van der Waals surface area contributed by atoms with Crippen molar-refractivity contribution in [2.24, 2.45) is 0 Å². The molecule has 3 nitrogen and oxygen atoms in total. The number of nitrogens with zero attached hydrogens (tertiary/aromatic N) is 2. The molecular weight excluding hydrogens is 246 g/mol. The highest BCUT2D eigenvalue weighted by Gasteiger charge is 2.11. The van der Waals surface area contributed by atoms with Crippen molar-refractivity contribution in [2.75, 3.05) is 7.05 Å². The summed E-state index contributed by atoms with van der Waals surface area (Å²) in [4.78, 5) is 4.47. The summed E-state index contributed by atoms with van der Waals surface area (Å²) in [6, 6.07) is 9.12. The Bertz CT molecular complexity index is 531. The predicted molar refractivity (Wildman–Crippen MR) is 84.0 cm³/mol. The first kappa shape index (κ1) is 14.8. The smallest absolute Gasteiger partial charge is 0.110 e. The maximum atomic E-state index is 4.47. The third-order valence-corrected chi connectivity index (χ3v) is 4.00. The molecule has 0 aliphatic carbocycles. The summed E-state index contributed by atoms with van der Waals surface area (Å²) >= 11 is 0. The number of aromatic nitrogens is 2. The molecule has 1 aromatic carbocycles. The predicted octanol–water partition coefficient (Wildman–Crippen LogP) is 2.97. The van der Waals surface area contributed by atoms with Gasteiger partial charge in [-0.1, -0.05) is 24.3 Å². The number of hydrogen-bond donors (Lipinski definition) is 1. The Hall–Kier alpha value is -1.61. The standard InChI is InChI=1S/C17H25N3/c1-4-20-12-11-19-17(20)13-16(18-3)10-9-15-8-6-5-7-14(15)2/h5-8,11-12,16,18H,4,9-10,13H2,1-3H3. The molecule has 0 bridgehead atoms. The van der Waals surface area contributed by atoms with Gasteiger partial charge in [0.1, 0.15) is 5.82 Å². The third kappa shape index (κ3) is 3.70. The minimum Gasteiger partial charge on any atom is -0.335 e. The van der Waals surface area contributed by atoms with Gasteiger partial charge in [-0.15, -0.1) is 0 Å². The highest BCUT2D eigenvalue weighted by atomic mass is 15.1. The van der Waals surface area contributed by atoms with Crippen molar-refractivity contribution < 1.29 is 0 Å². The van der Waals surface area contributed by atoms with Crippen LogP contribution in [0, 0.1) is 6.92 Å². The Balaban J connectivity index is 1.94. The molecule has 1 aromatic heterocycles. The fraction of sp³-hybridized carbons (Fsp3) is 0.471. The lowest BCUT2D eigenvalue weighted by atomic mass is 9.99. The van der Waals surface area contributed by atoms with Gasteiger partial charge in [0.15, 0.2) is 0 Å². The summed E-state index contributed by atoms with van der Waals surface area (Å²) in [5.74, 6) is 1.18. The van der Waals surface area contributed by atoms with E-state index in [-0.39, 0.29) is 0 Å². The van der Waals surface area contributed by atoms with Crippen LogP contribution in [-0.2, 0) is 19.4 Å². The van der Waals surface area contributed by atoms with E-state index in [1.54, 1.807) is 0 Å². The number of aryl methyl sites for hydroxylation is 3. The summed E-state index contributed by atoms with van der Waals surface area (Å²) in [5, 5.41) is 3.43. The minimum absolute atomic E-state index is 0.474. The second-order valence-corrected chi connectivity index (χ2v) is 5.28. The van der Waals surface area contributed by atoms with Gasteiger partial charge in [0, 0.05) is 31.4 Å². The number of rotatable bonds is 7. The topological polar surface area (TPSA) is 29.9 Å². The minimum atomic E-state index is 0.474. The van der Waals surface area contributed by atoms with Gasteiger partial charge in [0.2, 0.25) is 0 Å². The van der Waals surface area contributed by atoms with Crippen LogP contribution in [0.15, 0.2) is 36.7 Å². The van der Waals surface area contributed by atoms with Gasteiger partial charge < -0.3 is 9.88 Å². The fourth-order valence-electron chi connectivity index (χ4n) is 2.61. The molecule has 108 valence electrons. The molecule has 1 N–H and O–H groups in total. The molecule has 0 saturated heterocycles. The van der Waals surface area contributed by atoms with E-state index in [0.717, 1.165) is 25.8 Å². The molecule has 2 aromatic rings. The van der Waals surface area contributed by atoms with Crippen LogP contribution in [0.1, 0.15) is 30.3 Å². The fourth-order valence-corrected chi connectivity index (χ4v) is 2.61. The van der Waals surface area contributed by atoms with Crippen molar-refractivity contribution in [2.45, 2.75) is 45.7 Å². The summed E-state index contributed by atoms with van der Waals surface area (Å²) in [6.07, 6.45) is 7.20. The van der Waals surface area contributed by atoms with Crippen LogP contribution in [0.3, 0.4) is 0 Å². The number of imidazole rings is 1. The lowest BCUT2D eigenvalue weighted by Gasteiger charge is -2.17. The highest BCUT2D eigenvalue weighted by Crippen LogP contribution is 2.12. The van der Waals surface area contributed by atoms with Crippen molar-refractivity contribution in [3.63, 3.8) is 0 Å². The Kier molecular flexibility index (Phi) is 5.36. The Morgan fingerprint density at radius 1 is 1.30 bits per heavy atom. The molecule has 0 aliphatic rings. The van der Waals surface area contributed by atoms with E-state index in [1.165, 1.54) is 17.0 Å². The molecule has 1 unspecified atom stereocenters. The molecule has 2 rings (SSSR count). The molecule has 3 heteroatoms. The quantitative estimate of drug-likeness (QED) is 0.839. The number of benzene rings is 1. The summed E-state index contributed by atoms with van der Waals surface area (Å²) < 4.78 is 2.22. The van der Waals surface area contributed by atoms with Crippen LogP contribution >= 0.6 is 0 Å². The van der Waals surface area contributed by atoms with E-state index in [0.29, 0.717) is 6.04 Å². The third-order valence-electron chi connectivity index (χ3n) is 4.00. The van der Waals surface area contributed by atoms with E-state index < -0.39 is 0 Å². The van der Waals surface area contributed by atoms with Crippen molar-refractivity contribution in [1.82, 2.24) is 14.9 Å². The number of nitrogens with one attached hydrogen (secondary N) is 1. The Morgan fingerprint density at radius 2 is 2.10 bits per heavy atom. The largest absolute Gasteiger partial charge is 0.335 e. The molecule has 0 fully saturated rings. The number of hydrogen-bond acceptors (Lipinski definition) is 2. The van der Waals surface area contributed by atoms with Gasteiger partial charge in [-0.05, 0) is 44.9 Å². The SMILES string of the molecule is CCn1ccnc1CC(CCc1ccccc1C)NC. The average molecular weight is 271 g/mol. The van der Waals surface area contributed by atoms with Crippen molar-refractivity contribution in [3.05, 3.63) is 53.6 Å². The highest BCUT2D eigenvalue weighted by molar-refractivity contribution is 5.25. The van der Waals surface area contributed by atoms with E-state index in [1.807, 2.05) is 13.2 Å². The van der Waals surface area contributed by atoms with Crippen LogP contribution in [-0.4, -0.2) is 22.6 Å². The van der Waals surface area contributed by atoms with Crippen LogP contribution in [0.4, 0.5) is 0 Å². The molecule has 0 spiro atoms. The Morgan fingerprint density at radius 3 is 2.80 bits per heavy atom. The van der Waals surface area contributed by atoms with Crippen LogP contribution in [0.25, 0.3) is 0 Å². The maximum absolute atomic E-state index is 4.47. The van der Waals surface area contributed by atoms with E-state index in [4.69, 9.17) is 0 Å². The monoisotopic (exact) mass is 271 g/mol. The average Bonchev–Trinajstić information content (AvgIpc) is 2.92. The summed E-state index contributed by atoms with van der Waals surface area (Å²) in [7, 11) is 2.04. The first-order chi connectivity index (χ1) is 9.74. The van der Waals surface area contributed by atoms with Gasteiger partial charge in [-0.3, -0.25) is 0 Å². The second kappa shape index (κ2) is 7.25. The molecule has 0 aliphatic heterocycles. The zero-order valence-electron chi connectivity index (χ0n) is 12.8. The van der Waals surface area contributed by atoms with E-state index in [9.17, 15) is 0 Å². The zero-order chi connectivity index (χ0) is 14.4. The lowest BCUT2D eigenvalue weighted by Crippen LogP contribution is -2.29. The normalized spacial score (nSPS) is 12.6. The maximum Gasteiger partial charge on any atom is 0.110 e. The molecule has 1 atom stereocenters. The van der Waals surface area contributed by atoms with Gasteiger partial charge in [0.05, 0.1) is 0 Å². The Labute approximate surface area is 122 Å². The van der Waals surface area contributed by atoms with Crippen LogP contribution < -0.4 is 5.32 Å². The first-order valence-corrected chi connectivity index (χ1v) is 7.46. The van der Waals surface area contributed by atoms with Gasteiger partial charge >= 0.3 is 0 Å². The zero-order valence-corrected chi connectivity index (χ0v) is 12.8. The van der Waals surface area contributed by atoms with Crippen LogP contribution in [0.2, 0.25) is 0 Å². The lowest BCUT2D eigenvalue weighted by molar-refractivity contribution is 0.497. The molecule has 0 radical (unpaired) electrons. The van der Waals surface area contributed by atoms with Gasteiger partial charge in [0.25, 0.3) is 0 Å².